The van der Waals surface area contributed by atoms with E-state index in [0.717, 1.165) is 0 Å². The topological polar surface area (TPSA) is 89.3 Å². The summed E-state index contributed by atoms with van der Waals surface area (Å²) in [5.41, 5.74) is -0.474. The lowest BCUT2D eigenvalue weighted by molar-refractivity contribution is 0.224. The highest BCUT2D eigenvalue weighted by molar-refractivity contribution is 7.98. The Morgan fingerprint density at radius 3 is 2.39 bits per heavy atom. The van der Waals surface area contributed by atoms with E-state index >= 15 is 0 Å². The molecule has 1 heterocycles. The van der Waals surface area contributed by atoms with Crippen LogP contribution in [0.2, 0.25) is 0 Å². The Bertz CT molecular complexity index is 508. The van der Waals surface area contributed by atoms with Gasteiger partial charge in [0.15, 0.2) is 0 Å². The highest BCUT2D eigenvalue weighted by atomic mass is 32.2. The molecule has 0 amide bonds. The summed E-state index contributed by atoms with van der Waals surface area (Å²) in [5, 5.41) is 0.0876. The summed E-state index contributed by atoms with van der Waals surface area (Å²) in [5.74, 6) is 0. The molecular formula is C10H17N2O4PS. The molecule has 0 saturated carbocycles. The van der Waals surface area contributed by atoms with Crippen LogP contribution in [0.4, 0.5) is 0 Å². The summed E-state index contributed by atoms with van der Waals surface area (Å²) in [7, 11) is -6.80. The highest BCUT2D eigenvalue weighted by Gasteiger charge is 2.30. The molecule has 6 nitrogen and oxygen atoms in total. The summed E-state index contributed by atoms with van der Waals surface area (Å²) in [6.45, 7) is 3.68. The van der Waals surface area contributed by atoms with E-state index in [1.54, 1.807) is 26.0 Å². The maximum Gasteiger partial charge on any atom is 0.344 e. The van der Waals surface area contributed by atoms with Gasteiger partial charge in [-0.3, -0.25) is 4.57 Å². The molecule has 0 aliphatic rings. The first-order chi connectivity index (χ1) is 8.43. The monoisotopic (exact) mass is 292 g/mol. The Labute approximate surface area is 107 Å². The van der Waals surface area contributed by atoms with Gasteiger partial charge in [-0.25, -0.2) is 14.0 Å². The number of pyridine rings is 1. The fraction of sp³-hybridized carbons (Fsp3) is 0.500. The SMILES string of the molecule is CCOP(=O)(CS(=N)(=O)c1ccccn1)OCC. The van der Waals surface area contributed by atoms with E-state index in [1.807, 2.05) is 0 Å². The van der Waals surface area contributed by atoms with E-state index in [-0.39, 0.29) is 18.2 Å². The zero-order chi connectivity index (χ0) is 13.6. The molecule has 0 bridgehead atoms. The number of hydrogen-bond acceptors (Lipinski definition) is 6. The molecule has 1 aromatic rings. The van der Waals surface area contributed by atoms with Crippen LogP contribution in [0.25, 0.3) is 0 Å². The standard InChI is InChI=1S/C10H17N2O4PS/c1-3-15-17(13,16-4-2)9-18(11,14)10-7-5-6-8-12-10/h5-8,11H,3-4,9H2,1-2H3. The predicted octanol–water partition coefficient (Wildman–Crippen LogP) is 2.71. The molecule has 1 aromatic heterocycles. The molecule has 102 valence electrons. The maximum atomic E-state index is 12.2. The van der Waals surface area contributed by atoms with Crippen molar-refractivity contribution in [3.05, 3.63) is 24.4 Å². The van der Waals surface area contributed by atoms with Gasteiger partial charge in [0.2, 0.25) is 0 Å². The zero-order valence-corrected chi connectivity index (χ0v) is 12.1. The summed E-state index contributed by atoms with van der Waals surface area (Å²) in [6.07, 6.45) is 1.44. The summed E-state index contributed by atoms with van der Waals surface area (Å²) >= 11 is 0. The van der Waals surface area contributed by atoms with Gasteiger partial charge in [0, 0.05) is 6.20 Å². The Balaban J connectivity index is 2.97. The van der Waals surface area contributed by atoms with Gasteiger partial charge in [-0.2, -0.15) is 0 Å². The quantitative estimate of drug-likeness (QED) is 0.780. The third-order valence-corrected chi connectivity index (χ3v) is 6.91. The summed E-state index contributed by atoms with van der Waals surface area (Å²) in [6, 6.07) is 4.75. The molecule has 0 fully saturated rings. The largest absolute Gasteiger partial charge is 0.344 e. The van der Waals surface area contributed by atoms with Crippen LogP contribution in [-0.2, 0) is 23.3 Å². The average molecular weight is 292 g/mol. The van der Waals surface area contributed by atoms with Crippen molar-refractivity contribution in [1.29, 1.82) is 4.78 Å². The smallest absolute Gasteiger partial charge is 0.308 e. The zero-order valence-electron chi connectivity index (χ0n) is 10.4. The van der Waals surface area contributed by atoms with Crippen molar-refractivity contribution in [3.8, 4) is 0 Å². The lowest BCUT2D eigenvalue weighted by atomic mass is 10.5. The normalized spacial score (nSPS) is 15.2. The van der Waals surface area contributed by atoms with Crippen LogP contribution in [0.1, 0.15) is 13.8 Å². The molecule has 1 rings (SSSR count). The van der Waals surface area contributed by atoms with Gasteiger partial charge in [-0.15, -0.1) is 0 Å². The van der Waals surface area contributed by atoms with Gasteiger partial charge in [0.05, 0.1) is 13.2 Å². The van der Waals surface area contributed by atoms with Crippen LogP contribution in [0, 0.1) is 4.78 Å². The van der Waals surface area contributed by atoms with Crippen LogP contribution in [0.15, 0.2) is 29.4 Å². The molecule has 0 aliphatic heterocycles. The minimum absolute atomic E-state index is 0.0876. The number of hydrogen-bond donors (Lipinski definition) is 1. The van der Waals surface area contributed by atoms with Crippen molar-refractivity contribution in [3.63, 3.8) is 0 Å². The summed E-state index contributed by atoms with van der Waals surface area (Å²) < 4.78 is 42.3. The fourth-order valence-electron chi connectivity index (χ4n) is 1.34. The average Bonchev–Trinajstić information content (AvgIpc) is 2.29. The van der Waals surface area contributed by atoms with Crippen molar-refractivity contribution in [1.82, 2.24) is 4.98 Å². The van der Waals surface area contributed by atoms with E-state index < -0.39 is 22.8 Å². The van der Waals surface area contributed by atoms with E-state index in [9.17, 15) is 8.77 Å². The van der Waals surface area contributed by atoms with Crippen LogP contribution < -0.4 is 0 Å². The Hall–Kier alpha value is -0.750. The van der Waals surface area contributed by atoms with Gasteiger partial charge in [-0.05, 0) is 26.0 Å². The second-order valence-electron chi connectivity index (χ2n) is 3.42. The molecule has 0 radical (unpaired) electrons. The maximum absolute atomic E-state index is 12.2. The molecule has 0 aromatic carbocycles. The van der Waals surface area contributed by atoms with E-state index in [2.05, 4.69) is 4.98 Å². The number of nitrogens with one attached hydrogen (secondary N) is 1. The second kappa shape index (κ2) is 6.43. The van der Waals surface area contributed by atoms with Crippen molar-refractivity contribution < 1.29 is 17.8 Å². The molecule has 0 aliphatic carbocycles. The number of rotatable bonds is 7. The minimum Gasteiger partial charge on any atom is -0.308 e. The lowest BCUT2D eigenvalue weighted by Crippen LogP contribution is -2.11. The number of nitrogens with zero attached hydrogens (tertiary/aromatic N) is 1. The Morgan fingerprint density at radius 1 is 1.33 bits per heavy atom. The van der Waals surface area contributed by atoms with E-state index in [0.29, 0.717) is 0 Å². The summed E-state index contributed by atoms with van der Waals surface area (Å²) in [4.78, 5) is 3.86. The molecule has 0 spiro atoms. The molecule has 1 unspecified atom stereocenters. The van der Waals surface area contributed by atoms with Crippen LogP contribution >= 0.6 is 7.60 Å². The van der Waals surface area contributed by atoms with E-state index in [4.69, 9.17) is 13.8 Å². The van der Waals surface area contributed by atoms with Crippen molar-refractivity contribution >= 4 is 17.3 Å². The first kappa shape index (κ1) is 15.3. The van der Waals surface area contributed by atoms with Crippen molar-refractivity contribution in [2.75, 3.05) is 18.7 Å². The van der Waals surface area contributed by atoms with Crippen LogP contribution in [-0.4, -0.2) is 27.9 Å². The molecule has 8 heteroatoms. The molecule has 1 atom stereocenters. The molecule has 18 heavy (non-hydrogen) atoms. The van der Waals surface area contributed by atoms with Crippen molar-refractivity contribution in [2.24, 2.45) is 0 Å². The van der Waals surface area contributed by atoms with Crippen LogP contribution in [0.5, 0.6) is 0 Å². The van der Waals surface area contributed by atoms with Gasteiger partial charge < -0.3 is 9.05 Å². The Morgan fingerprint density at radius 2 is 1.94 bits per heavy atom. The van der Waals surface area contributed by atoms with Crippen LogP contribution in [0.3, 0.4) is 0 Å². The van der Waals surface area contributed by atoms with Gasteiger partial charge in [0.25, 0.3) is 0 Å². The van der Waals surface area contributed by atoms with Crippen molar-refractivity contribution in [2.45, 2.75) is 18.9 Å². The first-order valence-electron chi connectivity index (χ1n) is 5.49. The molecule has 1 N–H and O–H groups in total. The van der Waals surface area contributed by atoms with Gasteiger partial charge in [-0.1, -0.05) is 6.07 Å². The van der Waals surface area contributed by atoms with Gasteiger partial charge in [0.1, 0.15) is 20.2 Å². The second-order valence-corrected chi connectivity index (χ2v) is 7.96. The van der Waals surface area contributed by atoms with Gasteiger partial charge >= 0.3 is 7.60 Å². The predicted molar refractivity (Wildman–Crippen MR) is 69.1 cm³/mol. The molecular weight excluding hydrogens is 275 g/mol. The lowest BCUT2D eigenvalue weighted by Gasteiger charge is -2.17. The first-order valence-corrected chi connectivity index (χ1v) is 8.94. The fourth-order valence-corrected chi connectivity index (χ4v) is 5.63. The Kier molecular flexibility index (Phi) is 5.47. The third kappa shape index (κ3) is 4.17. The number of aromatic nitrogens is 1. The third-order valence-electron chi connectivity index (χ3n) is 1.97. The van der Waals surface area contributed by atoms with E-state index in [1.165, 1.54) is 12.3 Å². The minimum atomic E-state index is -3.51. The highest BCUT2D eigenvalue weighted by Crippen LogP contribution is 2.50. The molecule has 0 saturated heterocycles.